The van der Waals surface area contributed by atoms with Gasteiger partial charge >= 0.3 is 12.1 Å². The molecular weight excluding hydrogens is 465 g/mol. The van der Waals surface area contributed by atoms with Gasteiger partial charge in [-0.25, -0.2) is 4.98 Å². The first kappa shape index (κ1) is 22.5. The summed E-state index contributed by atoms with van der Waals surface area (Å²) in [4.78, 5) is 17.0. The first-order valence-corrected chi connectivity index (χ1v) is 11.6. The molecule has 4 aromatic rings. The number of ether oxygens (including phenoxy) is 1. The molecule has 0 spiro atoms. The van der Waals surface area contributed by atoms with Crippen molar-refractivity contribution in [3.8, 4) is 16.3 Å². The fourth-order valence-corrected chi connectivity index (χ4v) is 5.60. The van der Waals surface area contributed by atoms with E-state index >= 15 is 0 Å². The van der Waals surface area contributed by atoms with Crippen molar-refractivity contribution in [3.63, 3.8) is 0 Å². The van der Waals surface area contributed by atoms with Gasteiger partial charge in [-0.15, -0.1) is 11.3 Å². The monoisotopic (exact) mass is 486 g/mol. The number of carboxylic acid groups (broad SMARTS) is 1. The van der Waals surface area contributed by atoms with Crippen molar-refractivity contribution in [2.24, 2.45) is 7.05 Å². The molecule has 9 heteroatoms. The van der Waals surface area contributed by atoms with E-state index in [4.69, 9.17) is 14.8 Å². The zero-order valence-electron chi connectivity index (χ0n) is 18.2. The molecule has 1 aliphatic rings. The predicted molar refractivity (Wildman–Crippen MR) is 123 cm³/mol. The molecule has 2 aromatic heterocycles. The van der Waals surface area contributed by atoms with Crippen LogP contribution in [0.4, 0.5) is 13.2 Å². The Morgan fingerprint density at radius 2 is 2.00 bits per heavy atom. The van der Waals surface area contributed by atoms with Gasteiger partial charge in [-0.05, 0) is 42.7 Å². The molecule has 2 heterocycles. The third-order valence-electron chi connectivity index (χ3n) is 6.13. The molecule has 0 amide bonds. The van der Waals surface area contributed by atoms with E-state index in [0.717, 1.165) is 57.0 Å². The second kappa shape index (κ2) is 8.47. The third-order valence-corrected chi connectivity index (χ3v) is 7.31. The van der Waals surface area contributed by atoms with Crippen LogP contribution in [-0.4, -0.2) is 27.2 Å². The van der Waals surface area contributed by atoms with Crippen molar-refractivity contribution in [1.82, 2.24) is 9.55 Å². The lowest BCUT2D eigenvalue weighted by molar-refractivity contribution is -0.138. The first-order valence-electron chi connectivity index (χ1n) is 10.8. The first-order chi connectivity index (χ1) is 16.2. The number of hydrogen-bond donors (Lipinski definition) is 1. The molecule has 0 aliphatic heterocycles. The summed E-state index contributed by atoms with van der Waals surface area (Å²) in [7, 11) is 1.87. The van der Waals surface area contributed by atoms with Gasteiger partial charge in [-0.2, -0.15) is 13.2 Å². The van der Waals surface area contributed by atoms with Gasteiger partial charge < -0.3 is 14.4 Å². The summed E-state index contributed by atoms with van der Waals surface area (Å²) >= 11 is 1.53. The summed E-state index contributed by atoms with van der Waals surface area (Å²) in [5.41, 5.74) is 2.63. The Morgan fingerprint density at radius 3 is 2.71 bits per heavy atom. The summed E-state index contributed by atoms with van der Waals surface area (Å²) in [5, 5.41) is 10.7. The standard InChI is InChI=1S/C25H21F3N2O3S/c1-30-12-16(10-22(31)32)19-8-7-18(11-20(19)30)33-13-15-4-9-21-23(15)29-24(34-21)14-2-5-17(6-3-14)25(26,27)28/h2-3,5-8,11-12,15H,4,9-10,13H2,1H3,(H,31,32). The SMILES string of the molecule is Cn1cc(CC(=O)O)c2ccc(OCC3CCc4sc(-c5ccc(C(F)(F)F)cc5)nc43)cc21. The molecule has 0 bridgehead atoms. The molecule has 1 aliphatic carbocycles. The largest absolute Gasteiger partial charge is 0.493 e. The summed E-state index contributed by atoms with van der Waals surface area (Å²) in [6.45, 7) is 0.446. The number of halogens is 3. The van der Waals surface area contributed by atoms with E-state index in [2.05, 4.69) is 0 Å². The van der Waals surface area contributed by atoms with Crippen molar-refractivity contribution in [3.05, 3.63) is 70.4 Å². The molecular formula is C25H21F3N2O3S. The van der Waals surface area contributed by atoms with E-state index in [9.17, 15) is 18.0 Å². The van der Waals surface area contributed by atoms with Gasteiger partial charge in [0.05, 0.1) is 29.8 Å². The quantitative estimate of drug-likeness (QED) is 0.360. The topological polar surface area (TPSA) is 64.4 Å². The maximum absolute atomic E-state index is 12.8. The number of rotatable bonds is 6. The molecule has 0 saturated heterocycles. The van der Waals surface area contributed by atoms with Gasteiger partial charge in [0, 0.05) is 41.1 Å². The second-order valence-electron chi connectivity index (χ2n) is 8.46. The molecule has 1 N–H and O–H groups in total. The number of fused-ring (bicyclic) bond motifs is 2. The van der Waals surface area contributed by atoms with Crippen LogP contribution in [0.25, 0.3) is 21.5 Å². The smallest absolute Gasteiger partial charge is 0.416 e. The van der Waals surface area contributed by atoms with Crippen LogP contribution in [0.5, 0.6) is 5.75 Å². The zero-order chi connectivity index (χ0) is 24.0. The highest BCUT2D eigenvalue weighted by Crippen LogP contribution is 2.40. The Morgan fingerprint density at radius 1 is 1.24 bits per heavy atom. The number of aliphatic carboxylic acids is 1. The Kier molecular flexibility index (Phi) is 5.59. The minimum absolute atomic E-state index is 0.0342. The highest BCUT2D eigenvalue weighted by molar-refractivity contribution is 7.15. The van der Waals surface area contributed by atoms with Gasteiger partial charge in [0.1, 0.15) is 10.8 Å². The minimum Gasteiger partial charge on any atom is -0.493 e. The van der Waals surface area contributed by atoms with Crippen LogP contribution in [0.1, 0.15) is 34.0 Å². The zero-order valence-corrected chi connectivity index (χ0v) is 19.0. The van der Waals surface area contributed by atoms with Crippen LogP contribution in [0.2, 0.25) is 0 Å². The Labute approximate surface area is 197 Å². The van der Waals surface area contributed by atoms with Crippen LogP contribution in [-0.2, 0) is 30.9 Å². The van der Waals surface area contributed by atoms with E-state index in [0.29, 0.717) is 17.9 Å². The van der Waals surface area contributed by atoms with Gasteiger partial charge in [0.2, 0.25) is 0 Å². The average molecular weight is 487 g/mol. The van der Waals surface area contributed by atoms with Gasteiger partial charge in [-0.3, -0.25) is 4.79 Å². The molecule has 1 unspecified atom stereocenters. The van der Waals surface area contributed by atoms with E-state index in [1.165, 1.54) is 23.5 Å². The van der Waals surface area contributed by atoms with E-state index in [-0.39, 0.29) is 12.3 Å². The van der Waals surface area contributed by atoms with Crippen molar-refractivity contribution in [2.45, 2.75) is 31.4 Å². The molecule has 2 aromatic carbocycles. The lowest BCUT2D eigenvalue weighted by Crippen LogP contribution is -2.08. The normalized spacial score (nSPS) is 15.6. The molecule has 0 fully saturated rings. The van der Waals surface area contributed by atoms with Crippen LogP contribution in [0, 0.1) is 0 Å². The number of aromatic nitrogens is 2. The van der Waals surface area contributed by atoms with Crippen molar-refractivity contribution in [2.75, 3.05) is 6.61 Å². The van der Waals surface area contributed by atoms with Gasteiger partial charge in [0.15, 0.2) is 0 Å². The van der Waals surface area contributed by atoms with E-state index in [1.54, 1.807) is 0 Å². The van der Waals surface area contributed by atoms with Crippen LogP contribution >= 0.6 is 11.3 Å². The highest BCUT2D eigenvalue weighted by atomic mass is 32.1. The van der Waals surface area contributed by atoms with Crippen molar-refractivity contribution in [1.29, 1.82) is 0 Å². The highest BCUT2D eigenvalue weighted by Gasteiger charge is 2.31. The number of hydrogen-bond acceptors (Lipinski definition) is 4. The lowest BCUT2D eigenvalue weighted by atomic mass is 10.1. The van der Waals surface area contributed by atoms with Crippen LogP contribution in [0.15, 0.2) is 48.7 Å². The summed E-state index contributed by atoms with van der Waals surface area (Å²) < 4.78 is 46.5. The van der Waals surface area contributed by atoms with Crippen molar-refractivity contribution >= 4 is 28.2 Å². The minimum atomic E-state index is -4.36. The number of alkyl halides is 3. The van der Waals surface area contributed by atoms with Crippen LogP contribution < -0.4 is 4.74 Å². The van der Waals surface area contributed by atoms with Crippen LogP contribution in [0.3, 0.4) is 0 Å². The number of carbonyl (C=O) groups is 1. The summed E-state index contributed by atoms with van der Waals surface area (Å²) in [5.74, 6) is -0.0628. The molecule has 34 heavy (non-hydrogen) atoms. The number of nitrogens with zero attached hydrogens (tertiary/aromatic N) is 2. The Balaban J connectivity index is 1.30. The molecule has 0 saturated carbocycles. The maximum Gasteiger partial charge on any atom is 0.416 e. The van der Waals surface area contributed by atoms with E-state index < -0.39 is 17.7 Å². The summed E-state index contributed by atoms with van der Waals surface area (Å²) in [6.07, 6.45) is -0.781. The third kappa shape index (κ3) is 4.27. The average Bonchev–Trinajstić information content (AvgIpc) is 3.45. The molecule has 176 valence electrons. The maximum atomic E-state index is 12.8. The predicted octanol–water partition coefficient (Wildman–Crippen LogP) is 6.06. The Hall–Kier alpha value is -3.33. The lowest BCUT2D eigenvalue weighted by Gasteiger charge is -2.12. The molecule has 1 atom stereocenters. The number of carboxylic acids is 1. The summed E-state index contributed by atoms with van der Waals surface area (Å²) in [6, 6.07) is 10.7. The Bertz CT molecular complexity index is 1370. The van der Waals surface area contributed by atoms with Gasteiger partial charge in [0.25, 0.3) is 0 Å². The number of aryl methyl sites for hydroxylation is 2. The molecule has 5 nitrogen and oxygen atoms in total. The van der Waals surface area contributed by atoms with Gasteiger partial charge in [-0.1, -0.05) is 12.1 Å². The number of thiazole rings is 1. The second-order valence-corrected chi connectivity index (χ2v) is 9.55. The van der Waals surface area contributed by atoms with Crippen molar-refractivity contribution < 1.29 is 27.8 Å². The number of benzene rings is 2. The molecule has 0 radical (unpaired) electrons. The fraction of sp³-hybridized carbons (Fsp3) is 0.280. The fourth-order valence-electron chi connectivity index (χ4n) is 4.43. The molecule has 5 rings (SSSR count). The van der Waals surface area contributed by atoms with E-state index in [1.807, 2.05) is 36.0 Å².